The monoisotopic (exact) mass is 400 g/mol. The largest absolute Gasteiger partial charge is 0.759 e. The SMILES string of the molecule is Cc1ccc[n+](CC(=O)O)c1.Cc1ccc[n+](CC(=O)O)c1.O=S(=O)([O-])[O-]. The maximum absolute atomic E-state index is 10.3. The van der Waals surface area contributed by atoms with Gasteiger partial charge in [-0.25, -0.2) is 9.59 Å². The molecule has 0 saturated carbocycles. The topological polar surface area (TPSA) is 163 Å². The molecular weight excluding hydrogens is 380 g/mol. The highest BCUT2D eigenvalue weighted by atomic mass is 32.3. The molecule has 148 valence electrons. The van der Waals surface area contributed by atoms with Crippen molar-refractivity contribution in [2.24, 2.45) is 0 Å². The fourth-order valence-electron chi connectivity index (χ4n) is 1.82. The molecule has 2 heterocycles. The number of carboxylic acid groups (broad SMARTS) is 2. The van der Waals surface area contributed by atoms with Crippen molar-refractivity contribution < 1.29 is 46.5 Å². The molecule has 10 nitrogen and oxygen atoms in total. The van der Waals surface area contributed by atoms with E-state index in [0.29, 0.717) is 0 Å². The molecule has 0 amide bonds. The molecule has 0 radical (unpaired) electrons. The molecule has 0 saturated heterocycles. The molecule has 0 atom stereocenters. The molecule has 0 bridgehead atoms. The Balaban J connectivity index is 0.000000405. The van der Waals surface area contributed by atoms with Gasteiger partial charge in [0.25, 0.3) is 0 Å². The van der Waals surface area contributed by atoms with Gasteiger partial charge in [0.05, 0.1) is 0 Å². The highest BCUT2D eigenvalue weighted by Crippen LogP contribution is 1.89. The fraction of sp³-hybridized carbons (Fsp3) is 0.250. The minimum absolute atomic E-state index is 0.0294. The van der Waals surface area contributed by atoms with Gasteiger partial charge in [0.1, 0.15) is 0 Å². The second kappa shape index (κ2) is 11.7. The minimum Gasteiger partial charge on any atom is -0.759 e. The summed E-state index contributed by atoms with van der Waals surface area (Å²) in [5.41, 5.74) is 2.13. The van der Waals surface area contributed by atoms with Gasteiger partial charge in [-0.3, -0.25) is 8.42 Å². The van der Waals surface area contributed by atoms with Crippen molar-refractivity contribution in [2.75, 3.05) is 0 Å². The van der Waals surface area contributed by atoms with E-state index in [2.05, 4.69) is 0 Å². The second-order valence-corrected chi connectivity index (χ2v) is 6.12. The van der Waals surface area contributed by atoms with Gasteiger partial charge < -0.3 is 19.3 Å². The van der Waals surface area contributed by atoms with E-state index in [1.807, 2.05) is 38.1 Å². The number of rotatable bonds is 4. The average molecular weight is 400 g/mol. The Morgan fingerprint density at radius 2 is 1.19 bits per heavy atom. The van der Waals surface area contributed by atoms with Gasteiger partial charge in [0.2, 0.25) is 13.1 Å². The van der Waals surface area contributed by atoms with Crippen LogP contribution in [0.2, 0.25) is 0 Å². The number of hydrogen-bond acceptors (Lipinski definition) is 6. The molecule has 27 heavy (non-hydrogen) atoms. The third kappa shape index (κ3) is 16.3. The van der Waals surface area contributed by atoms with Gasteiger partial charge >= 0.3 is 11.9 Å². The van der Waals surface area contributed by atoms with Crippen LogP contribution in [-0.2, 0) is 33.1 Å². The van der Waals surface area contributed by atoms with Crippen LogP contribution in [0.25, 0.3) is 0 Å². The third-order valence-corrected chi connectivity index (χ3v) is 2.65. The minimum atomic E-state index is -5.17. The van der Waals surface area contributed by atoms with Gasteiger partial charge in [-0.1, -0.05) is 0 Å². The number of hydrogen-bond donors (Lipinski definition) is 2. The van der Waals surface area contributed by atoms with E-state index < -0.39 is 22.3 Å². The fourth-order valence-corrected chi connectivity index (χ4v) is 1.82. The summed E-state index contributed by atoms with van der Waals surface area (Å²) in [5, 5.41) is 16.9. The first kappa shape index (κ1) is 24.1. The van der Waals surface area contributed by atoms with Gasteiger partial charge in [-0.05, 0) is 26.0 Å². The molecule has 2 aromatic heterocycles. The third-order valence-electron chi connectivity index (χ3n) is 2.65. The zero-order valence-electron chi connectivity index (χ0n) is 14.7. The first-order valence-corrected chi connectivity index (χ1v) is 8.72. The highest BCUT2D eigenvalue weighted by molar-refractivity contribution is 7.79. The molecule has 0 aliphatic rings. The summed E-state index contributed by atoms with van der Waals surface area (Å²) in [6, 6.07) is 7.52. The lowest BCUT2D eigenvalue weighted by Crippen LogP contribution is -2.37. The van der Waals surface area contributed by atoms with Crippen molar-refractivity contribution in [3.8, 4) is 0 Å². The van der Waals surface area contributed by atoms with E-state index in [9.17, 15) is 9.59 Å². The van der Waals surface area contributed by atoms with Crippen LogP contribution in [-0.4, -0.2) is 39.7 Å². The Morgan fingerprint density at radius 3 is 1.41 bits per heavy atom. The Hall–Kier alpha value is -2.89. The summed E-state index contributed by atoms with van der Waals surface area (Å²) in [4.78, 5) is 20.5. The van der Waals surface area contributed by atoms with E-state index in [4.69, 9.17) is 27.7 Å². The lowest BCUT2D eigenvalue weighted by atomic mass is 10.3. The maximum atomic E-state index is 10.3. The van der Waals surface area contributed by atoms with Gasteiger partial charge in [-0.2, -0.15) is 9.13 Å². The smallest absolute Gasteiger partial charge is 0.370 e. The van der Waals surface area contributed by atoms with E-state index in [0.717, 1.165) is 11.1 Å². The van der Waals surface area contributed by atoms with Gasteiger partial charge in [-0.15, -0.1) is 0 Å². The van der Waals surface area contributed by atoms with Crippen LogP contribution in [0.3, 0.4) is 0 Å². The number of carboxylic acids is 2. The van der Waals surface area contributed by atoms with E-state index >= 15 is 0 Å². The summed E-state index contributed by atoms with van der Waals surface area (Å²) in [6.45, 7) is 3.92. The maximum Gasteiger partial charge on any atom is 0.370 e. The number of pyridine rings is 2. The second-order valence-electron chi connectivity index (χ2n) is 5.30. The molecule has 0 unspecified atom stereocenters. The first-order valence-electron chi connectivity index (χ1n) is 7.38. The molecular formula is C16H20N2O8S. The van der Waals surface area contributed by atoms with Crippen molar-refractivity contribution in [1.29, 1.82) is 0 Å². The summed E-state index contributed by atoms with van der Waals surface area (Å²) < 4.78 is 37.4. The molecule has 0 fully saturated rings. The van der Waals surface area contributed by atoms with Crippen LogP contribution in [0.4, 0.5) is 0 Å². The number of carbonyl (C=O) groups is 2. The molecule has 0 aliphatic heterocycles. The molecule has 2 N–H and O–H groups in total. The van der Waals surface area contributed by atoms with Crippen LogP contribution in [0.1, 0.15) is 11.1 Å². The van der Waals surface area contributed by atoms with Crippen LogP contribution in [0.5, 0.6) is 0 Å². The lowest BCUT2D eigenvalue weighted by Gasteiger charge is -2.06. The van der Waals surface area contributed by atoms with Crippen LogP contribution in [0.15, 0.2) is 49.1 Å². The quantitative estimate of drug-likeness (QED) is 0.390. The number of aromatic nitrogens is 2. The highest BCUT2D eigenvalue weighted by Gasteiger charge is 2.05. The molecule has 0 spiro atoms. The Bertz CT molecular complexity index is 803. The van der Waals surface area contributed by atoms with E-state index in [1.165, 1.54) is 0 Å². The standard InChI is InChI=1S/2C8H9NO2.H2O4S/c2*1-7-3-2-4-9(5-7)6-8(10)11;1-5(2,3)4/h2*2-5H,6H2,1H3;(H2,1,2,3,4). The summed E-state index contributed by atoms with van der Waals surface area (Å²) >= 11 is 0. The van der Waals surface area contributed by atoms with Crippen molar-refractivity contribution in [2.45, 2.75) is 26.9 Å². The van der Waals surface area contributed by atoms with Crippen molar-refractivity contribution >= 4 is 22.3 Å². The predicted molar refractivity (Wildman–Crippen MR) is 88.5 cm³/mol. The number of aliphatic carboxylic acids is 2. The molecule has 2 rings (SSSR count). The molecule has 0 aliphatic carbocycles. The normalized spacial score (nSPS) is 9.93. The van der Waals surface area contributed by atoms with Crippen LogP contribution in [0, 0.1) is 13.8 Å². The summed E-state index contributed by atoms with van der Waals surface area (Å²) in [6.07, 6.45) is 7.07. The Kier molecular flexibility index (Phi) is 10.4. The number of nitrogens with zero attached hydrogens (tertiary/aromatic N) is 2. The number of aryl methyl sites for hydroxylation is 2. The van der Waals surface area contributed by atoms with Gasteiger partial charge in [0.15, 0.2) is 24.8 Å². The lowest BCUT2D eigenvalue weighted by molar-refractivity contribution is -0.686. The predicted octanol–water partition coefficient (Wildman–Crippen LogP) is -0.604. The summed E-state index contributed by atoms with van der Waals surface area (Å²) in [5.74, 6) is -1.64. The zero-order valence-corrected chi connectivity index (χ0v) is 15.5. The van der Waals surface area contributed by atoms with E-state index in [-0.39, 0.29) is 13.1 Å². The van der Waals surface area contributed by atoms with Crippen molar-refractivity contribution in [3.05, 3.63) is 60.2 Å². The van der Waals surface area contributed by atoms with Crippen molar-refractivity contribution in [3.63, 3.8) is 0 Å². The van der Waals surface area contributed by atoms with Gasteiger partial charge in [0, 0.05) is 33.7 Å². The molecule has 2 aromatic rings. The van der Waals surface area contributed by atoms with Crippen molar-refractivity contribution in [1.82, 2.24) is 0 Å². The van der Waals surface area contributed by atoms with E-state index in [1.54, 1.807) is 33.9 Å². The molecule has 0 aromatic carbocycles. The first-order chi connectivity index (χ1) is 12.4. The average Bonchev–Trinajstić information content (AvgIpc) is 2.44. The Morgan fingerprint density at radius 1 is 0.889 bits per heavy atom. The molecule has 11 heteroatoms. The zero-order chi connectivity index (χ0) is 21.0. The Labute approximate surface area is 156 Å². The summed E-state index contributed by atoms with van der Waals surface area (Å²) in [7, 11) is -5.17. The van der Waals surface area contributed by atoms with Crippen LogP contribution >= 0.6 is 0 Å². The van der Waals surface area contributed by atoms with Crippen LogP contribution < -0.4 is 9.13 Å².